The summed E-state index contributed by atoms with van der Waals surface area (Å²) in [7, 11) is 0. The second kappa shape index (κ2) is 11.9. The zero-order valence-electron chi connectivity index (χ0n) is 20.5. The maximum atomic E-state index is 13.1. The summed E-state index contributed by atoms with van der Waals surface area (Å²) >= 11 is 6.21. The second-order valence-corrected chi connectivity index (χ2v) is 9.12. The zero-order valence-corrected chi connectivity index (χ0v) is 21.3. The van der Waals surface area contributed by atoms with Crippen molar-refractivity contribution in [2.75, 3.05) is 25.0 Å². The van der Waals surface area contributed by atoms with Crippen LogP contribution in [-0.4, -0.2) is 51.2 Å². The number of nitrogens with one attached hydrogen (secondary N) is 1. The molecule has 0 atom stereocenters. The Hall–Kier alpha value is -3.59. The standard InChI is InChI=1S/C26H30ClN5O4/c1-18-28-19(2)32(30-18)17-26(34)31-13-7-3-4-8-14-35-23-9-5-6-10-24(23)36-22-12-11-20(27)15-21(22)29-25(33)16-31/h5-6,9-12,15H,3-4,7-8,13-14,16-17H2,1-2H3,(H,29,33). The Bertz CT molecular complexity index is 1230. The number of anilines is 1. The minimum absolute atomic E-state index is 0.0239. The van der Waals surface area contributed by atoms with Gasteiger partial charge in [0, 0.05) is 11.6 Å². The lowest BCUT2D eigenvalue weighted by molar-refractivity contribution is -0.135. The molecule has 36 heavy (non-hydrogen) atoms. The number of benzene rings is 2. The molecule has 0 radical (unpaired) electrons. The maximum Gasteiger partial charge on any atom is 0.244 e. The summed E-state index contributed by atoms with van der Waals surface area (Å²) in [6.07, 6.45) is 3.50. The van der Waals surface area contributed by atoms with Crippen molar-refractivity contribution < 1.29 is 19.1 Å². The molecule has 0 aliphatic carbocycles. The normalized spacial score (nSPS) is 15.2. The first-order valence-corrected chi connectivity index (χ1v) is 12.4. The fraction of sp³-hybridized carbons (Fsp3) is 0.385. The van der Waals surface area contributed by atoms with Gasteiger partial charge >= 0.3 is 0 Å². The molecule has 2 aromatic carbocycles. The van der Waals surface area contributed by atoms with Crippen LogP contribution < -0.4 is 14.8 Å². The van der Waals surface area contributed by atoms with Crippen molar-refractivity contribution in [1.29, 1.82) is 0 Å². The van der Waals surface area contributed by atoms with Crippen molar-refractivity contribution >= 4 is 29.1 Å². The maximum absolute atomic E-state index is 13.1. The first-order valence-electron chi connectivity index (χ1n) is 12.0. The third-order valence-corrected chi connectivity index (χ3v) is 6.03. The molecule has 0 fully saturated rings. The van der Waals surface area contributed by atoms with E-state index in [9.17, 15) is 9.59 Å². The predicted molar refractivity (Wildman–Crippen MR) is 137 cm³/mol. The number of para-hydroxylation sites is 2. The lowest BCUT2D eigenvalue weighted by Crippen LogP contribution is -2.40. The molecule has 1 aliphatic heterocycles. The van der Waals surface area contributed by atoms with Gasteiger partial charge in [-0.15, -0.1) is 0 Å². The smallest absolute Gasteiger partial charge is 0.244 e. The van der Waals surface area contributed by atoms with E-state index in [1.54, 1.807) is 41.6 Å². The Morgan fingerprint density at radius 3 is 2.61 bits per heavy atom. The Kier molecular flexibility index (Phi) is 8.43. The van der Waals surface area contributed by atoms with Crippen LogP contribution in [-0.2, 0) is 16.1 Å². The Balaban J connectivity index is 1.57. The van der Waals surface area contributed by atoms with Gasteiger partial charge in [-0.25, -0.2) is 9.67 Å². The minimum Gasteiger partial charge on any atom is -0.490 e. The van der Waals surface area contributed by atoms with Crippen LogP contribution in [0.15, 0.2) is 42.5 Å². The average molecular weight is 512 g/mol. The van der Waals surface area contributed by atoms with Crippen LogP contribution in [0.3, 0.4) is 0 Å². The highest BCUT2D eigenvalue weighted by atomic mass is 35.5. The van der Waals surface area contributed by atoms with Gasteiger partial charge in [-0.3, -0.25) is 9.59 Å². The van der Waals surface area contributed by atoms with Crippen LogP contribution in [0.5, 0.6) is 17.2 Å². The summed E-state index contributed by atoms with van der Waals surface area (Å²) in [5, 5.41) is 7.59. The molecular weight excluding hydrogens is 482 g/mol. The Labute approximate surface area is 215 Å². The quantitative estimate of drug-likeness (QED) is 0.532. The molecule has 1 aliphatic rings. The summed E-state index contributed by atoms with van der Waals surface area (Å²) in [5.41, 5.74) is 0.407. The van der Waals surface area contributed by atoms with Crippen LogP contribution in [0, 0.1) is 13.8 Å². The SMILES string of the molecule is Cc1nc(C)n(CC(=O)N2CCCCCCOc3ccccc3Oc3ccc(Cl)cc3NC(=O)C2)n1. The van der Waals surface area contributed by atoms with E-state index in [2.05, 4.69) is 15.4 Å². The fourth-order valence-corrected chi connectivity index (χ4v) is 4.17. The number of fused-ring (bicyclic) bond motifs is 2. The van der Waals surface area contributed by atoms with Crippen molar-refractivity contribution in [3.63, 3.8) is 0 Å². The first-order chi connectivity index (χ1) is 17.4. The highest BCUT2D eigenvalue weighted by Gasteiger charge is 2.20. The molecular formula is C26H30ClN5O4. The molecule has 1 aromatic heterocycles. The molecule has 0 bridgehead atoms. The van der Waals surface area contributed by atoms with Gasteiger partial charge in [0.15, 0.2) is 17.2 Å². The van der Waals surface area contributed by atoms with Gasteiger partial charge in [0.1, 0.15) is 18.2 Å². The van der Waals surface area contributed by atoms with Crippen molar-refractivity contribution in [2.45, 2.75) is 46.1 Å². The lowest BCUT2D eigenvalue weighted by Gasteiger charge is -2.23. The van der Waals surface area contributed by atoms with Crippen molar-refractivity contribution in [3.8, 4) is 17.2 Å². The number of aromatic nitrogens is 3. The zero-order chi connectivity index (χ0) is 25.5. The van der Waals surface area contributed by atoms with Gasteiger partial charge < -0.3 is 19.7 Å². The molecule has 0 saturated carbocycles. The molecule has 3 aromatic rings. The molecule has 0 saturated heterocycles. The average Bonchev–Trinajstić information content (AvgIpc) is 3.15. The highest BCUT2D eigenvalue weighted by Crippen LogP contribution is 2.36. The van der Waals surface area contributed by atoms with Crippen LogP contribution in [0.2, 0.25) is 5.02 Å². The van der Waals surface area contributed by atoms with Gasteiger partial charge in [0.25, 0.3) is 0 Å². The molecule has 0 spiro atoms. The molecule has 10 heteroatoms. The fourth-order valence-electron chi connectivity index (χ4n) is 4.00. The summed E-state index contributed by atoms with van der Waals surface area (Å²) < 4.78 is 13.6. The summed E-state index contributed by atoms with van der Waals surface area (Å²) in [6.45, 7) is 4.52. The highest BCUT2D eigenvalue weighted by molar-refractivity contribution is 6.31. The molecule has 1 N–H and O–H groups in total. The summed E-state index contributed by atoms with van der Waals surface area (Å²) in [4.78, 5) is 32.0. The van der Waals surface area contributed by atoms with Gasteiger partial charge in [0.2, 0.25) is 11.8 Å². The van der Waals surface area contributed by atoms with Crippen LogP contribution in [0.25, 0.3) is 0 Å². The molecule has 0 unspecified atom stereocenters. The molecule has 2 amide bonds. The molecule has 4 rings (SSSR count). The van der Waals surface area contributed by atoms with Crippen LogP contribution in [0.4, 0.5) is 5.69 Å². The van der Waals surface area contributed by atoms with Gasteiger partial charge in [-0.05, 0) is 57.0 Å². The van der Waals surface area contributed by atoms with Gasteiger partial charge in [0.05, 0.1) is 18.8 Å². The lowest BCUT2D eigenvalue weighted by atomic mass is 10.2. The molecule has 190 valence electrons. The van der Waals surface area contributed by atoms with E-state index in [0.29, 0.717) is 52.8 Å². The number of nitrogens with zero attached hydrogens (tertiary/aromatic N) is 4. The van der Waals surface area contributed by atoms with E-state index in [4.69, 9.17) is 21.1 Å². The van der Waals surface area contributed by atoms with Crippen LogP contribution in [0.1, 0.15) is 37.3 Å². The predicted octanol–water partition coefficient (Wildman–Crippen LogP) is 4.76. The third kappa shape index (κ3) is 6.75. The Morgan fingerprint density at radius 1 is 1.06 bits per heavy atom. The van der Waals surface area contributed by atoms with E-state index < -0.39 is 0 Å². The number of carbonyl (C=O) groups is 2. The molecule has 2 heterocycles. The number of hydrogen-bond acceptors (Lipinski definition) is 6. The van der Waals surface area contributed by atoms with Crippen LogP contribution >= 0.6 is 11.6 Å². The largest absolute Gasteiger partial charge is 0.490 e. The molecule has 9 nitrogen and oxygen atoms in total. The second-order valence-electron chi connectivity index (χ2n) is 8.68. The van der Waals surface area contributed by atoms with Gasteiger partial charge in [-0.1, -0.05) is 36.6 Å². The topological polar surface area (TPSA) is 98.6 Å². The van der Waals surface area contributed by atoms with Crippen molar-refractivity contribution in [3.05, 3.63) is 59.1 Å². The number of carbonyl (C=O) groups excluding carboxylic acids is 2. The number of aryl methyl sites for hydroxylation is 2. The summed E-state index contributed by atoms with van der Waals surface area (Å²) in [6, 6.07) is 12.4. The van der Waals surface area contributed by atoms with E-state index in [1.807, 2.05) is 24.3 Å². The number of ether oxygens (including phenoxy) is 2. The minimum atomic E-state index is -0.349. The number of rotatable bonds is 2. The number of hydrogen-bond donors (Lipinski definition) is 1. The van der Waals surface area contributed by atoms with E-state index >= 15 is 0 Å². The third-order valence-electron chi connectivity index (χ3n) is 5.80. The number of amides is 2. The van der Waals surface area contributed by atoms with E-state index in [1.165, 1.54) is 0 Å². The monoisotopic (exact) mass is 511 g/mol. The van der Waals surface area contributed by atoms with Gasteiger partial charge in [-0.2, -0.15) is 5.10 Å². The Morgan fingerprint density at radius 2 is 1.83 bits per heavy atom. The first kappa shape index (κ1) is 25.5. The van der Waals surface area contributed by atoms with E-state index in [-0.39, 0.29) is 24.9 Å². The summed E-state index contributed by atoms with van der Waals surface area (Å²) in [5.74, 6) is 2.30. The van der Waals surface area contributed by atoms with Crippen molar-refractivity contribution in [1.82, 2.24) is 19.7 Å². The van der Waals surface area contributed by atoms with E-state index in [0.717, 1.165) is 25.7 Å². The van der Waals surface area contributed by atoms with Crippen molar-refractivity contribution in [2.24, 2.45) is 0 Å². The number of halogens is 1.